The van der Waals surface area contributed by atoms with Crippen molar-refractivity contribution >= 4 is 29.3 Å². The molecule has 0 unspecified atom stereocenters. The molecule has 1 aliphatic rings. The van der Waals surface area contributed by atoms with E-state index in [0.29, 0.717) is 35.0 Å². The molecule has 0 aromatic carbocycles. The van der Waals surface area contributed by atoms with Crippen molar-refractivity contribution < 1.29 is 18.7 Å². The molecule has 0 spiro atoms. The summed E-state index contributed by atoms with van der Waals surface area (Å²) in [5.74, 6) is 0.951. The van der Waals surface area contributed by atoms with Gasteiger partial charge in [-0.25, -0.2) is 9.50 Å². The lowest BCUT2D eigenvalue weighted by atomic mass is 9.85. The second-order valence-corrected chi connectivity index (χ2v) is 6.59. The molecule has 3 aromatic heterocycles. The molecule has 128 valence electrons. The number of esters is 1. The molecular formula is C16H14N4O4S. The summed E-state index contributed by atoms with van der Waals surface area (Å²) in [4.78, 5) is 32.5. The first kappa shape index (κ1) is 15.8. The van der Waals surface area contributed by atoms with Gasteiger partial charge in [0.25, 0.3) is 5.78 Å². The molecule has 3 aromatic rings. The number of ketones is 1. The summed E-state index contributed by atoms with van der Waals surface area (Å²) < 4.78 is 11.5. The first-order valence-corrected chi connectivity index (χ1v) is 8.65. The van der Waals surface area contributed by atoms with Crippen LogP contribution in [0.25, 0.3) is 5.78 Å². The van der Waals surface area contributed by atoms with Crippen molar-refractivity contribution in [1.29, 1.82) is 0 Å². The van der Waals surface area contributed by atoms with Crippen LogP contribution < -0.4 is 0 Å². The maximum atomic E-state index is 12.5. The largest absolute Gasteiger partial charge is 0.469 e. The van der Waals surface area contributed by atoms with Crippen LogP contribution >= 0.6 is 11.8 Å². The van der Waals surface area contributed by atoms with E-state index < -0.39 is 0 Å². The van der Waals surface area contributed by atoms with Crippen molar-refractivity contribution in [2.24, 2.45) is 0 Å². The fourth-order valence-electron chi connectivity index (χ4n) is 2.83. The molecule has 0 radical (unpaired) electrons. The first-order chi connectivity index (χ1) is 12.1. The summed E-state index contributed by atoms with van der Waals surface area (Å²) in [6, 6.07) is 3.69. The van der Waals surface area contributed by atoms with Crippen molar-refractivity contribution in [3.05, 3.63) is 41.6 Å². The average Bonchev–Trinajstić information content (AvgIpc) is 3.27. The molecule has 1 aliphatic carbocycles. The Labute approximate surface area is 146 Å². The van der Waals surface area contributed by atoms with Gasteiger partial charge in [-0.3, -0.25) is 9.59 Å². The number of carbonyl (C=O) groups is 2. The number of hydrogen-bond acceptors (Lipinski definition) is 8. The Balaban J connectivity index is 1.64. The Morgan fingerprint density at radius 3 is 3.08 bits per heavy atom. The Bertz CT molecular complexity index is 951. The Hall–Kier alpha value is -2.68. The minimum Gasteiger partial charge on any atom is -0.469 e. The predicted molar refractivity (Wildman–Crippen MR) is 87.6 cm³/mol. The quantitative estimate of drug-likeness (QED) is 0.515. The van der Waals surface area contributed by atoms with Crippen LogP contribution in [-0.4, -0.2) is 44.2 Å². The Morgan fingerprint density at radius 1 is 1.44 bits per heavy atom. The summed E-state index contributed by atoms with van der Waals surface area (Å²) in [5, 5.41) is 4.67. The fourth-order valence-corrected chi connectivity index (χ4v) is 3.49. The molecule has 9 heteroatoms. The van der Waals surface area contributed by atoms with Gasteiger partial charge in [-0.1, -0.05) is 11.8 Å². The van der Waals surface area contributed by atoms with Crippen molar-refractivity contribution in [3.63, 3.8) is 0 Å². The van der Waals surface area contributed by atoms with E-state index in [1.54, 1.807) is 12.5 Å². The molecule has 0 fully saturated rings. The molecule has 0 bridgehead atoms. The number of hydrogen-bond donors (Lipinski definition) is 0. The molecule has 0 N–H and O–H groups in total. The van der Waals surface area contributed by atoms with Gasteiger partial charge in [0.05, 0.1) is 30.4 Å². The van der Waals surface area contributed by atoms with Crippen LogP contribution in [-0.2, 0) is 16.0 Å². The maximum Gasteiger partial charge on any atom is 0.316 e. The lowest BCUT2D eigenvalue weighted by molar-refractivity contribution is -0.137. The number of carbonyl (C=O) groups excluding carboxylic acids is 2. The minimum atomic E-state index is -0.354. The average molecular weight is 358 g/mol. The minimum absolute atomic E-state index is 0.0105. The highest BCUT2D eigenvalue weighted by atomic mass is 32.2. The third kappa shape index (κ3) is 3.02. The number of aromatic nitrogens is 4. The monoisotopic (exact) mass is 358 g/mol. The highest BCUT2D eigenvalue weighted by Crippen LogP contribution is 2.32. The standard InChI is InChI=1S/C16H14N4O4S/c1-23-14(22)8-25-16-18-15-17-11-5-9(13-3-2-4-24-13)6-12(21)10(11)7-20(15)19-16/h2-4,7,9H,5-6,8H2,1H3/t9-/m0/s1. The van der Waals surface area contributed by atoms with Crippen LogP contribution in [0.4, 0.5) is 0 Å². The van der Waals surface area contributed by atoms with E-state index in [1.165, 1.54) is 11.6 Å². The normalized spacial score (nSPS) is 16.8. The van der Waals surface area contributed by atoms with Gasteiger partial charge < -0.3 is 9.15 Å². The van der Waals surface area contributed by atoms with Crippen molar-refractivity contribution in [1.82, 2.24) is 19.6 Å². The number of rotatable bonds is 4. The molecule has 0 saturated heterocycles. The van der Waals surface area contributed by atoms with Gasteiger partial charge >= 0.3 is 5.97 Å². The molecular weight excluding hydrogens is 344 g/mol. The van der Waals surface area contributed by atoms with E-state index in [-0.39, 0.29) is 23.4 Å². The van der Waals surface area contributed by atoms with Crippen molar-refractivity contribution in [2.75, 3.05) is 12.9 Å². The van der Waals surface area contributed by atoms with E-state index >= 15 is 0 Å². The van der Waals surface area contributed by atoms with Crippen LogP contribution in [0.5, 0.6) is 0 Å². The van der Waals surface area contributed by atoms with Crippen LogP contribution in [0, 0.1) is 0 Å². The maximum absolute atomic E-state index is 12.5. The second kappa shape index (κ2) is 6.32. The number of Topliss-reactive ketones (excluding diaryl/α,β-unsaturated/α-hetero) is 1. The summed E-state index contributed by atoms with van der Waals surface area (Å²) in [6.07, 6.45) is 4.26. The Kier molecular flexibility index (Phi) is 4.00. The second-order valence-electron chi connectivity index (χ2n) is 5.65. The van der Waals surface area contributed by atoms with Gasteiger partial charge in [-0.2, -0.15) is 4.98 Å². The summed E-state index contributed by atoms with van der Waals surface area (Å²) in [5.41, 5.74) is 1.26. The summed E-state index contributed by atoms with van der Waals surface area (Å²) in [6.45, 7) is 0. The molecule has 8 nitrogen and oxygen atoms in total. The molecule has 3 heterocycles. The highest BCUT2D eigenvalue weighted by molar-refractivity contribution is 7.99. The molecule has 0 aliphatic heterocycles. The lowest BCUT2D eigenvalue weighted by Crippen LogP contribution is -2.21. The van der Waals surface area contributed by atoms with Gasteiger partial charge in [-0.05, 0) is 12.1 Å². The van der Waals surface area contributed by atoms with E-state index in [4.69, 9.17) is 4.42 Å². The van der Waals surface area contributed by atoms with Crippen LogP contribution in [0.2, 0.25) is 0 Å². The molecule has 4 rings (SSSR count). The number of fused-ring (bicyclic) bond motifs is 2. The number of furan rings is 1. The summed E-state index contributed by atoms with van der Waals surface area (Å²) in [7, 11) is 1.33. The molecule has 1 atom stereocenters. The van der Waals surface area contributed by atoms with Gasteiger partial charge in [0.2, 0.25) is 5.16 Å². The SMILES string of the molecule is COC(=O)CSc1nc2nc3c(cn2n1)C(=O)C[C@@H](c1ccco1)C3. The lowest BCUT2D eigenvalue weighted by Gasteiger charge is -2.20. The highest BCUT2D eigenvalue weighted by Gasteiger charge is 2.30. The van der Waals surface area contributed by atoms with Crippen molar-refractivity contribution in [3.8, 4) is 0 Å². The Morgan fingerprint density at radius 2 is 2.32 bits per heavy atom. The first-order valence-electron chi connectivity index (χ1n) is 7.66. The smallest absolute Gasteiger partial charge is 0.316 e. The van der Waals surface area contributed by atoms with Gasteiger partial charge in [0.15, 0.2) is 5.78 Å². The van der Waals surface area contributed by atoms with Gasteiger partial charge in [0, 0.05) is 25.0 Å². The molecule has 25 heavy (non-hydrogen) atoms. The zero-order valence-electron chi connectivity index (χ0n) is 13.3. The zero-order valence-corrected chi connectivity index (χ0v) is 14.2. The van der Waals surface area contributed by atoms with E-state index in [0.717, 1.165) is 17.5 Å². The van der Waals surface area contributed by atoms with Crippen LogP contribution in [0.1, 0.15) is 34.2 Å². The number of thioether (sulfide) groups is 1. The van der Waals surface area contributed by atoms with E-state index in [1.807, 2.05) is 12.1 Å². The van der Waals surface area contributed by atoms with Crippen LogP contribution in [0.15, 0.2) is 34.2 Å². The third-order valence-corrected chi connectivity index (χ3v) is 4.87. The number of ether oxygens (including phenoxy) is 1. The summed E-state index contributed by atoms with van der Waals surface area (Å²) >= 11 is 1.16. The molecule has 0 amide bonds. The van der Waals surface area contributed by atoms with E-state index in [2.05, 4.69) is 19.8 Å². The van der Waals surface area contributed by atoms with Gasteiger partial charge in [-0.15, -0.1) is 5.10 Å². The number of methoxy groups -OCH3 is 1. The van der Waals surface area contributed by atoms with Crippen LogP contribution in [0.3, 0.4) is 0 Å². The van der Waals surface area contributed by atoms with Crippen molar-refractivity contribution in [2.45, 2.75) is 23.9 Å². The zero-order chi connectivity index (χ0) is 17.4. The topological polar surface area (TPSA) is 99.6 Å². The van der Waals surface area contributed by atoms with E-state index in [9.17, 15) is 9.59 Å². The number of nitrogens with zero attached hydrogens (tertiary/aromatic N) is 4. The fraction of sp³-hybridized carbons (Fsp3) is 0.312. The van der Waals surface area contributed by atoms with Gasteiger partial charge in [0.1, 0.15) is 5.76 Å². The third-order valence-electron chi connectivity index (χ3n) is 4.06. The molecule has 0 saturated carbocycles. The predicted octanol–water partition coefficient (Wildman–Crippen LogP) is 1.90.